The summed E-state index contributed by atoms with van der Waals surface area (Å²) in [6.45, 7) is 7.41. The second kappa shape index (κ2) is 6.36. The molecule has 4 heteroatoms. The molecule has 0 aromatic rings. The van der Waals surface area contributed by atoms with Crippen molar-refractivity contribution in [2.45, 2.75) is 26.2 Å². The zero-order valence-electron chi connectivity index (χ0n) is 10.8. The first-order valence-corrected chi connectivity index (χ1v) is 6.88. The number of hydrogen-bond donors (Lipinski definition) is 1. The van der Waals surface area contributed by atoms with Crippen molar-refractivity contribution in [3.8, 4) is 0 Å². The Morgan fingerprint density at radius 2 is 2.12 bits per heavy atom. The molecule has 0 bridgehead atoms. The minimum absolute atomic E-state index is 0.235. The van der Waals surface area contributed by atoms with E-state index in [0.717, 1.165) is 58.7 Å². The Labute approximate surface area is 104 Å². The van der Waals surface area contributed by atoms with Gasteiger partial charge in [0, 0.05) is 32.8 Å². The highest BCUT2D eigenvalue weighted by atomic mass is 16.5. The number of hydrogen-bond acceptors (Lipinski definition) is 3. The predicted molar refractivity (Wildman–Crippen MR) is 66.8 cm³/mol. The second-order valence-electron chi connectivity index (χ2n) is 5.12. The van der Waals surface area contributed by atoms with E-state index in [2.05, 4.69) is 10.2 Å². The van der Waals surface area contributed by atoms with Gasteiger partial charge in [-0.25, -0.2) is 0 Å². The van der Waals surface area contributed by atoms with Gasteiger partial charge in [-0.15, -0.1) is 0 Å². The average molecular weight is 240 g/mol. The van der Waals surface area contributed by atoms with Crippen LogP contribution in [0.15, 0.2) is 0 Å². The van der Waals surface area contributed by atoms with Crippen molar-refractivity contribution in [1.29, 1.82) is 0 Å². The van der Waals surface area contributed by atoms with Crippen molar-refractivity contribution in [3.05, 3.63) is 0 Å². The summed E-state index contributed by atoms with van der Waals surface area (Å²) in [5.41, 5.74) is 0. The van der Waals surface area contributed by atoms with Crippen molar-refractivity contribution in [2.24, 2.45) is 11.8 Å². The van der Waals surface area contributed by atoms with Crippen LogP contribution in [-0.2, 0) is 9.53 Å². The van der Waals surface area contributed by atoms with Gasteiger partial charge in [0.1, 0.15) is 0 Å². The number of carbonyl (C=O) groups excluding carboxylic acids is 1. The molecular weight excluding hydrogens is 216 g/mol. The van der Waals surface area contributed by atoms with Crippen LogP contribution in [0, 0.1) is 11.8 Å². The molecule has 0 spiro atoms. The zero-order chi connectivity index (χ0) is 12.1. The van der Waals surface area contributed by atoms with Gasteiger partial charge in [0.2, 0.25) is 5.91 Å². The summed E-state index contributed by atoms with van der Waals surface area (Å²) in [5.74, 6) is 1.25. The van der Waals surface area contributed by atoms with E-state index in [4.69, 9.17) is 4.74 Å². The van der Waals surface area contributed by atoms with Crippen molar-refractivity contribution in [1.82, 2.24) is 10.2 Å². The number of piperidine rings is 1. The van der Waals surface area contributed by atoms with E-state index in [9.17, 15) is 4.79 Å². The molecule has 2 fully saturated rings. The molecule has 2 aliphatic heterocycles. The Hall–Kier alpha value is -0.610. The van der Waals surface area contributed by atoms with Gasteiger partial charge < -0.3 is 15.0 Å². The monoisotopic (exact) mass is 240 g/mol. The number of ether oxygens (including phenoxy) is 1. The number of likely N-dealkylation sites (tertiary alicyclic amines) is 1. The van der Waals surface area contributed by atoms with Crippen LogP contribution in [-0.4, -0.2) is 50.2 Å². The van der Waals surface area contributed by atoms with Gasteiger partial charge >= 0.3 is 0 Å². The maximum Gasteiger partial charge on any atom is 0.227 e. The Bertz CT molecular complexity index is 244. The van der Waals surface area contributed by atoms with E-state index in [1.807, 2.05) is 6.92 Å². The summed E-state index contributed by atoms with van der Waals surface area (Å²) in [5, 5.41) is 3.26. The Kier molecular flexibility index (Phi) is 4.80. The smallest absolute Gasteiger partial charge is 0.227 e. The lowest BCUT2D eigenvalue weighted by Crippen LogP contribution is -2.43. The Morgan fingerprint density at radius 1 is 1.35 bits per heavy atom. The van der Waals surface area contributed by atoms with E-state index in [-0.39, 0.29) is 5.92 Å². The molecule has 1 atom stereocenters. The highest BCUT2D eigenvalue weighted by molar-refractivity contribution is 5.79. The normalized spacial score (nSPS) is 26.4. The van der Waals surface area contributed by atoms with Crippen LogP contribution in [0.5, 0.6) is 0 Å². The van der Waals surface area contributed by atoms with Crippen molar-refractivity contribution >= 4 is 5.91 Å². The van der Waals surface area contributed by atoms with Crippen molar-refractivity contribution in [3.63, 3.8) is 0 Å². The lowest BCUT2D eigenvalue weighted by molar-refractivity contribution is -0.136. The van der Waals surface area contributed by atoms with Gasteiger partial charge in [0.05, 0.1) is 5.92 Å². The van der Waals surface area contributed by atoms with Crippen molar-refractivity contribution in [2.75, 3.05) is 39.4 Å². The number of carbonyl (C=O) groups is 1. The van der Waals surface area contributed by atoms with Crippen LogP contribution >= 0.6 is 0 Å². The first-order chi connectivity index (χ1) is 8.31. The summed E-state index contributed by atoms with van der Waals surface area (Å²) in [6, 6.07) is 0. The molecule has 2 heterocycles. The van der Waals surface area contributed by atoms with E-state index in [0.29, 0.717) is 11.8 Å². The van der Waals surface area contributed by atoms with Crippen LogP contribution in [0.25, 0.3) is 0 Å². The van der Waals surface area contributed by atoms with Crippen LogP contribution < -0.4 is 5.32 Å². The molecule has 0 saturated carbocycles. The molecule has 0 aromatic heterocycles. The molecule has 1 amide bonds. The third-order valence-corrected chi connectivity index (χ3v) is 3.89. The summed E-state index contributed by atoms with van der Waals surface area (Å²) < 4.78 is 5.46. The lowest BCUT2D eigenvalue weighted by Gasteiger charge is -2.33. The molecule has 98 valence electrons. The highest BCUT2D eigenvalue weighted by Crippen LogP contribution is 2.20. The van der Waals surface area contributed by atoms with Crippen LogP contribution in [0.2, 0.25) is 0 Å². The fourth-order valence-corrected chi connectivity index (χ4v) is 2.73. The van der Waals surface area contributed by atoms with Gasteiger partial charge in [0.15, 0.2) is 0 Å². The van der Waals surface area contributed by atoms with Crippen molar-refractivity contribution < 1.29 is 9.53 Å². The average Bonchev–Trinajstić information content (AvgIpc) is 2.90. The van der Waals surface area contributed by atoms with Gasteiger partial charge in [-0.1, -0.05) is 0 Å². The first kappa shape index (κ1) is 12.8. The standard InChI is InChI=1S/C13H24N2O2/c1-2-17-10-11-4-7-15(8-5-11)13(16)12-3-6-14-9-12/h11-12,14H,2-10H2,1H3/t12-/m1/s1. The van der Waals surface area contributed by atoms with Gasteiger partial charge in [-0.05, 0) is 38.6 Å². The molecule has 0 unspecified atom stereocenters. The quantitative estimate of drug-likeness (QED) is 0.793. The minimum atomic E-state index is 0.235. The summed E-state index contributed by atoms with van der Waals surface area (Å²) >= 11 is 0. The number of rotatable bonds is 4. The minimum Gasteiger partial charge on any atom is -0.381 e. The van der Waals surface area contributed by atoms with Gasteiger partial charge in [-0.3, -0.25) is 4.79 Å². The fraction of sp³-hybridized carbons (Fsp3) is 0.923. The SMILES string of the molecule is CCOCC1CCN(C(=O)[C@@H]2CCNC2)CC1. The molecule has 1 N–H and O–H groups in total. The molecule has 2 saturated heterocycles. The van der Waals surface area contributed by atoms with E-state index < -0.39 is 0 Å². The molecule has 0 radical (unpaired) electrons. The molecule has 0 aliphatic carbocycles. The second-order valence-corrected chi connectivity index (χ2v) is 5.12. The first-order valence-electron chi connectivity index (χ1n) is 6.88. The Balaban J connectivity index is 1.72. The van der Waals surface area contributed by atoms with E-state index >= 15 is 0 Å². The topological polar surface area (TPSA) is 41.6 Å². The largest absolute Gasteiger partial charge is 0.381 e. The Morgan fingerprint density at radius 3 is 2.71 bits per heavy atom. The number of nitrogens with one attached hydrogen (secondary N) is 1. The highest BCUT2D eigenvalue weighted by Gasteiger charge is 2.29. The third kappa shape index (κ3) is 3.42. The molecule has 2 aliphatic rings. The number of nitrogens with zero attached hydrogens (tertiary/aromatic N) is 1. The summed E-state index contributed by atoms with van der Waals surface area (Å²) in [4.78, 5) is 14.2. The zero-order valence-corrected chi connectivity index (χ0v) is 10.8. The fourth-order valence-electron chi connectivity index (χ4n) is 2.73. The van der Waals surface area contributed by atoms with E-state index in [1.54, 1.807) is 0 Å². The molecule has 2 rings (SSSR count). The molecular formula is C13H24N2O2. The van der Waals surface area contributed by atoms with Crippen LogP contribution in [0.1, 0.15) is 26.2 Å². The van der Waals surface area contributed by atoms with Crippen LogP contribution in [0.4, 0.5) is 0 Å². The van der Waals surface area contributed by atoms with Crippen LogP contribution in [0.3, 0.4) is 0 Å². The molecule has 4 nitrogen and oxygen atoms in total. The summed E-state index contributed by atoms with van der Waals surface area (Å²) in [6.07, 6.45) is 3.22. The van der Waals surface area contributed by atoms with Gasteiger partial charge in [0.25, 0.3) is 0 Å². The number of amides is 1. The predicted octanol–water partition coefficient (Wildman–Crippen LogP) is 0.871. The molecule has 0 aromatic carbocycles. The maximum atomic E-state index is 12.2. The molecule has 17 heavy (non-hydrogen) atoms. The van der Waals surface area contributed by atoms with Gasteiger partial charge in [-0.2, -0.15) is 0 Å². The lowest BCUT2D eigenvalue weighted by atomic mass is 9.96. The van der Waals surface area contributed by atoms with E-state index in [1.165, 1.54) is 0 Å². The maximum absolute atomic E-state index is 12.2. The summed E-state index contributed by atoms with van der Waals surface area (Å²) in [7, 11) is 0. The third-order valence-electron chi connectivity index (χ3n) is 3.89.